The van der Waals surface area contributed by atoms with Gasteiger partial charge in [0.2, 0.25) is 17.6 Å². The molecular formula is C25H36N4O4. The van der Waals surface area contributed by atoms with Gasteiger partial charge in [0.25, 0.3) is 5.91 Å². The van der Waals surface area contributed by atoms with Crippen LogP contribution in [0.15, 0.2) is 12.7 Å². The molecule has 1 aliphatic heterocycles. The Morgan fingerprint density at radius 2 is 1.88 bits per heavy atom. The Hall–Kier alpha value is -2.69. The molecule has 0 aromatic carbocycles. The van der Waals surface area contributed by atoms with Crippen LogP contribution in [0.2, 0.25) is 0 Å². The normalized spacial score (nSPS) is 27.5. The first-order valence-electron chi connectivity index (χ1n) is 12.1. The third kappa shape index (κ3) is 4.83. The van der Waals surface area contributed by atoms with Gasteiger partial charge in [-0.15, -0.1) is 6.58 Å². The van der Waals surface area contributed by atoms with Gasteiger partial charge in [0.1, 0.15) is 12.0 Å². The highest BCUT2D eigenvalue weighted by Crippen LogP contribution is 2.65. The molecule has 3 aliphatic rings. The Morgan fingerprint density at radius 1 is 1.21 bits per heavy atom. The van der Waals surface area contributed by atoms with Crippen LogP contribution in [-0.2, 0) is 19.2 Å². The fourth-order valence-electron chi connectivity index (χ4n) is 5.84. The average molecular weight is 457 g/mol. The number of nitrogens with one attached hydrogen (secondary N) is 2. The number of carbonyl (C=O) groups is 4. The maximum atomic E-state index is 13.5. The largest absolute Gasteiger partial charge is 0.346 e. The summed E-state index contributed by atoms with van der Waals surface area (Å²) in [7, 11) is 0. The summed E-state index contributed by atoms with van der Waals surface area (Å²) in [6, 6.07) is 0.531. The van der Waals surface area contributed by atoms with Crippen LogP contribution in [0.3, 0.4) is 0 Å². The van der Waals surface area contributed by atoms with Crippen molar-refractivity contribution in [3.63, 3.8) is 0 Å². The molecule has 0 bridgehead atoms. The molecule has 5 atom stereocenters. The molecule has 0 radical (unpaired) electrons. The molecule has 3 fully saturated rings. The summed E-state index contributed by atoms with van der Waals surface area (Å²) >= 11 is 0. The lowest BCUT2D eigenvalue weighted by Gasteiger charge is -2.34. The van der Waals surface area contributed by atoms with E-state index in [0.29, 0.717) is 6.54 Å². The van der Waals surface area contributed by atoms with Crippen LogP contribution in [0, 0.1) is 40.4 Å². The van der Waals surface area contributed by atoms with Crippen LogP contribution in [0.4, 0.5) is 0 Å². The van der Waals surface area contributed by atoms with Crippen LogP contribution >= 0.6 is 0 Å². The number of amides is 3. The van der Waals surface area contributed by atoms with Gasteiger partial charge in [-0.05, 0) is 42.4 Å². The number of fused-ring (bicyclic) bond motifs is 1. The van der Waals surface area contributed by atoms with Crippen molar-refractivity contribution >= 4 is 23.5 Å². The first-order chi connectivity index (χ1) is 15.7. The number of ketones is 1. The number of nitrogens with zero attached hydrogens (tertiary/aromatic N) is 2. The van der Waals surface area contributed by atoms with Crippen molar-refractivity contribution in [2.45, 2.75) is 71.4 Å². The van der Waals surface area contributed by atoms with E-state index < -0.39 is 35.6 Å². The molecule has 180 valence electrons. The molecule has 1 saturated heterocycles. The molecule has 33 heavy (non-hydrogen) atoms. The van der Waals surface area contributed by atoms with E-state index >= 15 is 0 Å². The molecular weight excluding hydrogens is 420 g/mol. The number of carbonyl (C=O) groups excluding carboxylic acids is 4. The van der Waals surface area contributed by atoms with E-state index in [1.165, 1.54) is 6.08 Å². The second-order valence-corrected chi connectivity index (χ2v) is 10.2. The van der Waals surface area contributed by atoms with E-state index in [2.05, 4.69) is 37.1 Å². The van der Waals surface area contributed by atoms with Gasteiger partial charge in [-0.25, -0.2) is 0 Å². The van der Waals surface area contributed by atoms with Crippen molar-refractivity contribution in [2.24, 2.45) is 29.1 Å². The lowest BCUT2D eigenvalue weighted by Crippen LogP contribution is -2.56. The molecule has 3 amide bonds. The summed E-state index contributed by atoms with van der Waals surface area (Å²) in [6.07, 6.45) is 6.62. The smallest absolute Gasteiger partial charge is 0.289 e. The summed E-state index contributed by atoms with van der Waals surface area (Å²) < 4.78 is 0. The van der Waals surface area contributed by atoms with Gasteiger partial charge in [-0.3, -0.25) is 19.2 Å². The SMILES string of the molecule is C=CCNC(=O)C(=O)C(CC)NC(=O)[C@@H]1[C@@H]2[C@H](CN1C(=O)[C@@H](C#N)C1CCCCC1)C2(C)C. The van der Waals surface area contributed by atoms with Gasteiger partial charge in [0.15, 0.2) is 0 Å². The highest BCUT2D eigenvalue weighted by molar-refractivity contribution is 6.38. The summed E-state index contributed by atoms with van der Waals surface area (Å²) in [5.41, 5.74) is -0.0845. The van der Waals surface area contributed by atoms with Crippen LogP contribution in [-0.4, -0.2) is 53.6 Å². The Balaban J connectivity index is 1.76. The first-order valence-corrected chi connectivity index (χ1v) is 12.1. The van der Waals surface area contributed by atoms with Gasteiger partial charge in [0.05, 0.1) is 12.1 Å². The number of Topliss-reactive ketones (excluding diaryl/α,β-unsaturated/α-hetero) is 1. The van der Waals surface area contributed by atoms with Crippen LogP contribution < -0.4 is 10.6 Å². The topological polar surface area (TPSA) is 119 Å². The van der Waals surface area contributed by atoms with E-state index in [1.807, 2.05) is 0 Å². The fraction of sp³-hybridized carbons (Fsp3) is 0.720. The number of hydrogen-bond acceptors (Lipinski definition) is 5. The summed E-state index contributed by atoms with van der Waals surface area (Å²) in [5.74, 6) is -2.71. The van der Waals surface area contributed by atoms with E-state index in [4.69, 9.17) is 0 Å². The van der Waals surface area contributed by atoms with E-state index in [1.54, 1.807) is 11.8 Å². The molecule has 1 unspecified atom stereocenters. The number of hydrogen-bond donors (Lipinski definition) is 2. The standard InChI is InChI=1S/C25H36N4O4/c1-5-12-27-23(32)21(30)18(6-2)28-22(31)20-19-17(25(19,3)4)14-29(20)24(33)16(13-26)15-10-8-7-9-11-15/h5,15-20H,1,6-12,14H2,2-4H3,(H,27,32)(H,28,31)/t16-,17-,18?,19-,20-/m0/s1. The zero-order valence-electron chi connectivity index (χ0n) is 19.9. The highest BCUT2D eigenvalue weighted by atomic mass is 16.2. The fourth-order valence-corrected chi connectivity index (χ4v) is 5.84. The molecule has 0 aromatic rings. The zero-order chi connectivity index (χ0) is 24.3. The molecule has 3 rings (SSSR count). The van der Waals surface area contributed by atoms with Crippen molar-refractivity contribution in [2.75, 3.05) is 13.1 Å². The predicted molar refractivity (Wildman–Crippen MR) is 122 cm³/mol. The monoisotopic (exact) mass is 456 g/mol. The third-order valence-corrected chi connectivity index (χ3v) is 7.96. The van der Waals surface area contributed by atoms with Crippen LogP contribution in [0.5, 0.6) is 0 Å². The second kappa shape index (κ2) is 10.1. The first kappa shape index (κ1) is 24.9. The number of likely N-dealkylation sites (tertiary alicyclic amines) is 1. The van der Waals surface area contributed by atoms with Gasteiger partial charge in [-0.2, -0.15) is 5.26 Å². The Bertz CT molecular complexity index is 855. The van der Waals surface area contributed by atoms with Crippen molar-refractivity contribution in [1.29, 1.82) is 5.26 Å². The van der Waals surface area contributed by atoms with Gasteiger partial charge in [-0.1, -0.05) is 46.1 Å². The minimum absolute atomic E-state index is 0.0191. The summed E-state index contributed by atoms with van der Waals surface area (Å²) in [6.45, 7) is 10.0. The minimum atomic E-state index is -0.967. The molecule has 0 spiro atoms. The van der Waals surface area contributed by atoms with Crippen LogP contribution in [0.1, 0.15) is 59.3 Å². The lowest BCUT2D eigenvalue weighted by molar-refractivity contribution is -0.145. The van der Waals surface area contributed by atoms with Crippen molar-refractivity contribution < 1.29 is 19.2 Å². The van der Waals surface area contributed by atoms with Gasteiger partial charge >= 0.3 is 0 Å². The van der Waals surface area contributed by atoms with Gasteiger partial charge < -0.3 is 15.5 Å². The highest BCUT2D eigenvalue weighted by Gasteiger charge is 2.69. The van der Waals surface area contributed by atoms with Crippen molar-refractivity contribution in [3.8, 4) is 6.07 Å². The molecule has 0 aromatic heterocycles. The van der Waals surface area contributed by atoms with Crippen molar-refractivity contribution in [3.05, 3.63) is 12.7 Å². The second-order valence-electron chi connectivity index (χ2n) is 10.2. The molecule has 1 heterocycles. The zero-order valence-corrected chi connectivity index (χ0v) is 19.9. The quantitative estimate of drug-likeness (QED) is 0.406. The molecule has 2 N–H and O–H groups in total. The predicted octanol–water partition coefficient (Wildman–Crippen LogP) is 1.96. The lowest BCUT2D eigenvalue weighted by atomic mass is 9.79. The minimum Gasteiger partial charge on any atom is -0.346 e. The van der Waals surface area contributed by atoms with E-state index in [-0.39, 0.29) is 42.0 Å². The number of nitriles is 1. The van der Waals surface area contributed by atoms with Gasteiger partial charge in [0, 0.05) is 13.1 Å². The molecule has 8 nitrogen and oxygen atoms in total. The Kier molecular flexibility index (Phi) is 7.61. The summed E-state index contributed by atoms with van der Waals surface area (Å²) in [4.78, 5) is 53.1. The maximum absolute atomic E-state index is 13.5. The molecule has 8 heteroatoms. The number of rotatable bonds is 9. The maximum Gasteiger partial charge on any atom is 0.289 e. The molecule has 2 aliphatic carbocycles. The average Bonchev–Trinajstić information content (AvgIpc) is 3.14. The number of piperidine rings is 1. The van der Waals surface area contributed by atoms with Crippen molar-refractivity contribution in [1.82, 2.24) is 15.5 Å². The summed E-state index contributed by atoms with van der Waals surface area (Å²) in [5, 5.41) is 15.0. The van der Waals surface area contributed by atoms with E-state index in [9.17, 15) is 24.4 Å². The Morgan fingerprint density at radius 3 is 2.45 bits per heavy atom. The van der Waals surface area contributed by atoms with E-state index in [0.717, 1.165) is 32.1 Å². The molecule has 2 saturated carbocycles. The third-order valence-electron chi connectivity index (χ3n) is 7.96. The Labute approximate surface area is 196 Å². The van der Waals surface area contributed by atoms with Crippen LogP contribution in [0.25, 0.3) is 0 Å².